The molecule has 1 aliphatic rings. The molecule has 1 aromatic heterocycles. The molecule has 3 rings (SSSR count). The largest absolute Gasteiger partial charge is 0.393 e. The average Bonchev–Trinajstić information content (AvgIpc) is 2.79. The van der Waals surface area contributed by atoms with E-state index in [2.05, 4.69) is 4.90 Å². The van der Waals surface area contributed by atoms with Gasteiger partial charge in [-0.3, -0.25) is 14.4 Å². The Labute approximate surface area is 141 Å². The van der Waals surface area contributed by atoms with Crippen LogP contribution in [0.1, 0.15) is 24.1 Å². The molecule has 24 heavy (non-hydrogen) atoms. The number of piperidine rings is 1. The predicted octanol–water partition coefficient (Wildman–Crippen LogP) is 0.804. The number of aliphatic hydroxyl groups excluding tert-OH is 1. The van der Waals surface area contributed by atoms with E-state index in [4.69, 9.17) is 0 Å². The molecular formula is C18H25N3O3. The van der Waals surface area contributed by atoms with Gasteiger partial charge in [0, 0.05) is 25.8 Å². The maximum absolute atomic E-state index is 12.9. The van der Waals surface area contributed by atoms with Crippen LogP contribution in [0, 0.1) is 6.92 Å². The second-order valence-corrected chi connectivity index (χ2v) is 6.74. The van der Waals surface area contributed by atoms with Crippen LogP contribution in [-0.2, 0) is 13.6 Å². The first-order chi connectivity index (χ1) is 11.4. The van der Waals surface area contributed by atoms with Crippen LogP contribution in [0.2, 0.25) is 0 Å². The van der Waals surface area contributed by atoms with Crippen molar-refractivity contribution in [2.75, 3.05) is 19.7 Å². The van der Waals surface area contributed by atoms with Crippen LogP contribution in [0.5, 0.6) is 0 Å². The van der Waals surface area contributed by atoms with Crippen molar-refractivity contribution < 1.29 is 10.2 Å². The number of aliphatic hydroxyl groups is 2. The summed E-state index contributed by atoms with van der Waals surface area (Å²) in [4.78, 5) is 15.0. The van der Waals surface area contributed by atoms with E-state index in [9.17, 15) is 15.0 Å². The van der Waals surface area contributed by atoms with Crippen LogP contribution >= 0.6 is 0 Å². The van der Waals surface area contributed by atoms with E-state index in [0.717, 1.165) is 29.9 Å². The Hall–Kier alpha value is -1.89. The zero-order valence-corrected chi connectivity index (χ0v) is 14.3. The van der Waals surface area contributed by atoms with Gasteiger partial charge in [0.05, 0.1) is 17.9 Å². The van der Waals surface area contributed by atoms with Crippen LogP contribution in [-0.4, -0.2) is 49.8 Å². The lowest BCUT2D eigenvalue weighted by Gasteiger charge is -2.37. The Bertz CT molecular complexity index is 766. The third kappa shape index (κ3) is 3.05. The van der Waals surface area contributed by atoms with Gasteiger partial charge in [-0.05, 0) is 38.4 Å². The molecule has 130 valence electrons. The maximum atomic E-state index is 12.9. The summed E-state index contributed by atoms with van der Waals surface area (Å²) in [5.74, 6) is 0. The third-order valence-corrected chi connectivity index (χ3v) is 4.98. The fourth-order valence-corrected chi connectivity index (χ4v) is 3.50. The summed E-state index contributed by atoms with van der Waals surface area (Å²) in [7, 11) is 1.88. The number of para-hydroxylation sites is 1. The summed E-state index contributed by atoms with van der Waals surface area (Å²) in [5, 5.41) is 19.7. The van der Waals surface area contributed by atoms with Crippen molar-refractivity contribution in [2.24, 2.45) is 7.05 Å². The van der Waals surface area contributed by atoms with Crippen LogP contribution in [0.4, 0.5) is 0 Å². The number of β-amino-alcohol motifs (C(OH)–C–C–N with tert-alkyl or cyclic N) is 1. The van der Waals surface area contributed by atoms with Crippen molar-refractivity contribution in [2.45, 2.75) is 31.9 Å². The first-order valence-electron chi connectivity index (χ1n) is 8.34. The highest BCUT2D eigenvalue weighted by Crippen LogP contribution is 2.22. The highest BCUT2D eigenvalue weighted by molar-refractivity contribution is 5.33. The lowest BCUT2D eigenvalue weighted by Crippen LogP contribution is -2.50. The molecule has 6 heteroatoms. The Morgan fingerprint density at radius 1 is 1.25 bits per heavy atom. The molecule has 0 radical (unpaired) electrons. The quantitative estimate of drug-likeness (QED) is 0.870. The summed E-state index contributed by atoms with van der Waals surface area (Å²) >= 11 is 0. The van der Waals surface area contributed by atoms with Gasteiger partial charge in [-0.1, -0.05) is 18.2 Å². The minimum absolute atomic E-state index is 0.0284. The number of hydrogen-bond acceptors (Lipinski definition) is 4. The van der Waals surface area contributed by atoms with E-state index in [1.54, 1.807) is 4.68 Å². The molecule has 2 N–H and O–H groups in total. The highest BCUT2D eigenvalue weighted by atomic mass is 16.3. The smallest absolute Gasteiger partial charge is 0.276 e. The lowest BCUT2D eigenvalue weighted by molar-refractivity contribution is -0.0688. The number of likely N-dealkylation sites (tertiary alicyclic amines) is 1. The summed E-state index contributed by atoms with van der Waals surface area (Å²) in [6.45, 7) is 3.40. The minimum Gasteiger partial charge on any atom is -0.393 e. The Kier molecular flexibility index (Phi) is 4.62. The summed E-state index contributed by atoms with van der Waals surface area (Å²) in [5.41, 5.74) is 1.41. The van der Waals surface area contributed by atoms with Gasteiger partial charge in [0.1, 0.15) is 5.60 Å². The normalized spacial score (nSPS) is 22.0. The Balaban J connectivity index is 1.91. The topological polar surface area (TPSA) is 70.6 Å². The van der Waals surface area contributed by atoms with E-state index < -0.39 is 5.60 Å². The fraction of sp³-hybridized carbons (Fsp3) is 0.500. The summed E-state index contributed by atoms with van der Waals surface area (Å²) in [6.07, 6.45) is 1.41. The van der Waals surface area contributed by atoms with Gasteiger partial charge in [0.15, 0.2) is 0 Å². The molecule has 0 bridgehead atoms. The first-order valence-corrected chi connectivity index (χ1v) is 8.34. The molecule has 1 atom stereocenters. The fourth-order valence-electron chi connectivity index (χ4n) is 3.50. The zero-order chi connectivity index (χ0) is 17.3. The summed E-state index contributed by atoms with van der Waals surface area (Å²) < 4.78 is 3.54. The van der Waals surface area contributed by atoms with Gasteiger partial charge in [-0.2, -0.15) is 0 Å². The second-order valence-electron chi connectivity index (χ2n) is 6.74. The zero-order valence-electron chi connectivity index (χ0n) is 14.3. The van der Waals surface area contributed by atoms with Gasteiger partial charge in [-0.25, -0.2) is 4.68 Å². The number of hydrogen-bond donors (Lipinski definition) is 2. The van der Waals surface area contributed by atoms with Crippen molar-refractivity contribution in [3.05, 3.63) is 51.9 Å². The monoisotopic (exact) mass is 331 g/mol. The molecule has 1 aliphatic heterocycles. The van der Waals surface area contributed by atoms with E-state index >= 15 is 0 Å². The molecule has 0 saturated carbocycles. The SMILES string of the molecule is Cc1c(CN2CCC[C@@](O)(CO)C2)c(=O)n(-c2ccccc2)n1C. The molecule has 1 saturated heterocycles. The van der Waals surface area contributed by atoms with E-state index in [-0.39, 0.29) is 12.2 Å². The predicted molar refractivity (Wildman–Crippen MR) is 92.3 cm³/mol. The number of rotatable bonds is 4. The highest BCUT2D eigenvalue weighted by Gasteiger charge is 2.33. The molecule has 1 aromatic carbocycles. The molecule has 2 aromatic rings. The van der Waals surface area contributed by atoms with Crippen molar-refractivity contribution in [3.8, 4) is 5.69 Å². The van der Waals surface area contributed by atoms with E-state index in [1.807, 2.05) is 49.0 Å². The molecule has 0 spiro atoms. The maximum Gasteiger partial charge on any atom is 0.276 e. The first kappa shape index (κ1) is 17.0. The van der Waals surface area contributed by atoms with Gasteiger partial charge in [0.25, 0.3) is 5.56 Å². The number of nitrogens with zero attached hydrogens (tertiary/aromatic N) is 3. The van der Waals surface area contributed by atoms with Gasteiger partial charge in [0.2, 0.25) is 0 Å². The third-order valence-electron chi connectivity index (χ3n) is 4.98. The van der Waals surface area contributed by atoms with Gasteiger partial charge >= 0.3 is 0 Å². The van der Waals surface area contributed by atoms with Crippen molar-refractivity contribution >= 4 is 0 Å². The molecule has 1 fully saturated rings. The molecule has 0 unspecified atom stereocenters. The van der Waals surface area contributed by atoms with Crippen molar-refractivity contribution in [1.29, 1.82) is 0 Å². The molecule has 0 aliphatic carbocycles. The average molecular weight is 331 g/mol. The molecule has 6 nitrogen and oxygen atoms in total. The van der Waals surface area contributed by atoms with E-state index in [0.29, 0.717) is 19.5 Å². The number of aromatic nitrogens is 2. The Morgan fingerprint density at radius 3 is 2.62 bits per heavy atom. The van der Waals surface area contributed by atoms with Crippen molar-refractivity contribution in [3.63, 3.8) is 0 Å². The second kappa shape index (κ2) is 6.55. The summed E-state index contributed by atoms with van der Waals surface area (Å²) in [6, 6.07) is 9.58. The minimum atomic E-state index is -1.06. The number of benzene rings is 1. The molecule has 2 heterocycles. The van der Waals surface area contributed by atoms with Crippen LogP contribution in [0.25, 0.3) is 5.69 Å². The standard InChI is InChI=1S/C18H25N3O3/c1-14-16(11-20-10-6-9-18(24,12-20)13-22)17(23)21(19(14)2)15-7-4-3-5-8-15/h3-5,7-8,22,24H,6,9-13H2,1-2H3/t18-/m0/s1. The van der Waals surface area contributed by atoms with Gasteiger partial charge in [-0.15, -0.1) is 0 Å². The van der Waals surface area contributed by atoms with Gasteiger partial charge < -0.3 is 10.2 Å². The van der Waals surface area contributed by atoms with Crippen LogP contribution in [0.15, 0.2) is 35.1 Å². The lowest BCUT2D eigenvalue weighted by atomic mass is 9.93. The van der Waals surface area contributed by atoms with E-state index in [1.165, 1.54) is 0 Å². The Morgan fingerprint density at radius 2 is 1.96 bits per heavy atom. The van der Waals surface area contributed by atoms with Crippen molar-refractivity contribution in [1.82, 2.24) is 14.3 Å². The molecule has 0 amide bonds. The van der Waals surface area contributed by atoms with Crippen LogP contribution < -0.4 is 5.56 Å². The molecular weight excluding hydrogens is 306 g/mol. The van der Waals surface area contributed by atoms with Crippen LogP contribution in [0.3, 0.4) is 0 Å².